The van der Waals surface area contributed by atoms with Gasteiger partial charge in [-0.1, -0.05) is 18.2 Å². The van der Waals surface area contributed by atoms with Crippen molar-refractivity contribution in [2.24, 2.45) is 0 Å². The quantitative estimate of drug-likeness (QED) is 0.929. The number of benzene rings is 1. The zero-order valence-electron chi connectivity index (χ0n) is 10.4. The van der Waals surface area contributed by atoms with Crippen molar-refractivity contribution >= 4 is 23.0 Å². The van der Waals surface area contributed by atoms with Crippen molar-refractivity contribution in [2.75, 3.05) is 11.4 Å². The number of fused-ring (bicyclic) bond motifs is 1. The molecule has 0 atom stereocenters. The Morgan fingerprint density at radius 2 is 2.26 bits per heavy atom. The van der Waals surface area contributed by atoms with Crippen molar-refractivity contribution in [2.45, 2.75) is 19.4 Å². The summed E-state index contributed by atoms with van der Waals surface area (Å²) in [5.41, 5.74) is 3.31. The number of aromatic nitrogens is 1. The van der Waals surface area contributed by atoms with E-state index in [2.05, 4.69) is 34.1 Å². The van der Waals surface area contributed by atoms with Gasteiger partial charge in [-0.15, -0.1) is 11.3 Å². The Morgan fingerprint density at radius 1 is 1.42 bits per heavy atom. The number of anilines is 1. The number of carboxylic acid groups (broad SMARTS) is 1. The molecule has 0 radical (unpaired) electrons. The van der Waals surface area contributed by atoms with Crippen molar-refractivity contribution in [3.05, 3.63) is 45.9 Å². The fourth-order valence-corrected chi connectivity index (χ4v) is 3.20. The molecule has 19 heavy (non-hydrogen) atoms. The van der Waals surface area contributed by atoms with Gasteiger partial charge in [-0.2, -0.15) is 0 Å². The van der Waals surface area contributed by atoms with Gasteiger partial charge >= 0.3 is 5.97 Å². The average Bonchev–Trinajstić information content (AvgIpc) is 2.97. The second kappa shape index (κ2) is 5.01. The Bertz CT molecular complexity index is 609. The Hall–Kier alpha value is -1.88. The lowest BCUT2D eigenvalue weighted by Crippen LogP contribution is -2.19. The summed E-state index contributed by atoms with van der Waals surface area (Å²) in [5, 5.41) is 11.6. The van der Waals surface area contributed by atoms with Crippen LogP contribution in [0.4, 0.5) is 5.69 Å². The molecule has 0 spiro atoms. The number of thiazole rings is 1. The maximum atomic E-state index is 10.6. The van der Waals surface area contributed by atoms with E-state index in [0.29, 0.717) is 5.69 Å². The lowest BCUT2D eigenvalue weighted by atomic mass is 10.2. The normalized spacial score (nSPS) is 13.6. The molecule has 3 rings (SSSR count). The molecule has 98 valence electrons. The molecule has 5 heteroatoms. The molecule has 1 aliphatic heterocycles. The van der Waals surface area contributed by atoms with Crippen LogP contribution in [0.3, 0.4) is 0 Å². The second-order valence-electron chi connectivity index (χ2n) is 4.60. The SMILES string of the molecule is O=C(O)Cc1csc(CN2CCc3ccccc32)n1. The number of nitrogens with zero attached hydrogens (tertiary/aromatic N) is 2. The van der Waals surface area contributed by atoms with Gasteiger partial charge in [-0.3, -0.25) is 4.79 Å². The molecule has 1 aromatic carbocycles. The highest BCUT2D eigenvalue weighted by atomic mass is 32.1. The minimum atomic E-state index is -0.830. The van der Waals surface area contributed by atoms with Gasteiger partial charge < -0.3 is 10.0 Å². The summed E-state index contributed by atoms with van der Waals surface area (Å²) in [6.45, 7) is 1.77. The summed E-state index contributed by atoms with van der Waals surface area (Å²) < 4.78 is 0. The fraction of sp³-hybridized carbons (Fsp3) is 0.286. The fourth-order valence-electron chi connectivity index (χ4n) is 2.39. The van der Waals surface area contributed by atoms with Gasteiger partial charge in [0.1, 0.15) is 5.01 Å². The average molecular weight is 274 g/mol. The molecule has 4 nitrogen and oxygen atoms in total. The van der Waals surface area contributed by atoms with E-state index in [0.717, 1.165) is 24.5 Å². The van der Waals surface area contributed by atoms with Gasteiger partial charge in [-0.25, -0.2) is 4.98 Å². The molecular formula is C14H14N2O2S. The van der Waals surface area contributed by atoms with Crippen LogP contribution in [0.5, 0.6) is 0 Å². The van der Waals surface area contributed by atoms with Crippen LogP contribution in [0.2, 0.25) is 0 Å². The van der Waals surface area contributed by atoms with E-state index in [9.17, 15) is 4.79 Å². The Labute approximate surface area is 115 Å². The standard InChI is InChI=1S/C14H14N2O2S/c17-14(18)7-11-9-19-13(15-11)8-16-6-5-10-3-1-2-4-12(10)16/h1-4,9H,5-8H2,(H,17,18). The van der Waals surface area contributed by atoms with E-state index in [4.69, 9.17) is 5.11 Å². The molecule has 2 aromatic rings. The molecule has 0 amide bonds. The first-order chi connectivity index (χ1) is 9.22. The summed E-state index contributed by atoms with van der Waals surface area (Å²) in [6, 6.07) is 8.41. The van der Waals surface area contributed by atoms with Crippen LogP contribution in [0.15, 0.2) is 29.6 Å². The Morgan fingerprint density at radius 3 is 3.11 bits per heavy atom. The van der Waals surface area contributed by atoms with E-state index >= 15 is 0 Å². The van der Waals surface area contributed by atoms with E-state index in [1.807, 2.05) is 5.38 Å². The van der Waals surface area contributed by atoms with Gasteiger partial charge in [0, 0.05) is 17.6 Å². The number of rotatable bonds is 4. The zero-order chi connectivity index (χ0) is 13.2. The Kier molecular flexibility index (Phi) is 3.21. The lowest BCUT2D eigenvalue weighted by Gasteiger charge is -2.17. The van der Waals surface area contributed by atoms with Crippen molar-refractivity contribution in [1.29, 1.82) is 0 Å². The maximum absolute atomic E-state index is 10.6. The van der Waals surface area contributed by atoms with Crippen LogP contribution in [0.25, 0.3) is 0 Å². The third-order valence-corrected chi connectivity index (χ3v) is 4.12. The largest absolute Gasteiger partial charge is 0.481 e. The van der Waals surface area contributed by atoms with E-state index in [-0.39, 0.29) is 6.42 Å². The maximum Gasteiger partial charge on any atom is 0.309 e. The van der Waals surface area contributed by atoms with Crippen LogP contribution in [0, 0.1) is 0 Å². The van der Waals surface area contributed by atoms with Crippen LogP contribution in [-0.2, 0) is 24.2 Å². The van der Waals surface area contributed by atoms with Crippen molar-refractivity contribution < 1.29 is 9.90 Å². The first kappa shape index (κ1) is 12.2. The topological polar surface area (TPSA) is 53.4 Å². The van der Waals surface area contributed by atoms with Crippen molar-refractivity contribution in [3.63, 3.8) is 0 Å². The number of hydrogen-bond acceptors (Lipinski definition) is 4. The van der Waals surface area contributed by atoms with Crippen LogP contribution >= 0.6 is 11.3 Å². The smallest absolute Gasteiger partial charge is 0.309 e. The number of aliphatic carboxylic acids is 1. The molecular weight excluding hydrogens is 260 g/mol. The lowest BCUT2D eigenvalue weighted by molar-refractivity contribution is -0.136. The first-order valence-electron chi connectivity index (χ1n) is 6.20. The Balaban J connectivity index is 1.73. The van der Waals surface area contributed by atoms with Crippen LogP contribution in [-0.4, -0.2) is 22.6 Å². The van der Waals surface area contributed by atoms with E-state index in [1.54, 1.807) is 0 Å². The minimum Gasteiger partial charge on any atom is -0.481 e. The predicted molar refractivity (Wildman–Crippen MR) is 74.6 cm³/mol. The van der Waals surface area contributed by atoms with Crippen molar-refractivity contribution in [1.82, 2.24) is 4.98 Å². The monoisotopic (exact) mass is 274 g/mol. The molecule has 0 bridgehead atoms. The molecule has 0 unspecified atom stereocenters. The van der Waals surface area contributed by atoms with E-state index < -0.39 is 5.97 Å². The number of hydrogen-bond donors (Lipinski definition) is 1. The molecule has 2 heterocycles. The summed E-state index contributed by atoms with van der Waals surface area (Å²) >= 11 is 1.54. The number of para-hydroxylation sites is 1. The van der Waals surface area contributed by atoms with Crippen molar-refractivity contribution in [3.8, 4) is 0 Å². The van der Waals surface area contributed by atoms with Gasteiger partial charge in [0.2, 0.25) is 0 Å². The third-order valence-electron chi connectivity index (χ3n) is 3.24. The summed E-state index contributed by atoms with van der Waals surface area (Å²) in [7, 11) is 0. The highest BCUT2D eigenvalue weighted by Crippen LogP contribution is 2.29. The highest BCUT2D eigenvalue weighted by Gasteiger charge is 2.19. The molecule has 0 saturated heterocycles. The predicted octanol–water partition coefficient (Wildman–Crippen LogP) is 2.33. The molecule has 1 aromatic heterocycles. The number of carboxylic acids is 1. The molecule has 1 N–H and O–H groups in total. The summed E-state index contributed by atoms with van der Waals surface area (Å²) in [6.07, 6.45) is 1.08. The first-order valence-corrected chi connectivity index (χ1v) is 7.08. The number of carbonyl (C=O) groups is 1. The summed E-state index contributed by atoms with van der Waals surface area (Å²) in [5.74, 6) is -0.830. The second-order valence-corrected chi connectivity index (χ2v) is 5.55. The molecule has 0 aliphatic carbocycles. The highest BCUT2D eigenvalue weighted by molar-refractivity contribution is 7.09. The minimum absolute atomic E-state index is 0.00703. The molecule has 0 saturated carbocycles. The van der Waals surface area contributed by atoms with Gasteiger partial charge in [0.15, 0.2) is 0 Å². The van der Waals surface area contributed by atoms with Crippen LogP contribution < -0.4 is 4.90 Å². The van der Waals surface area contributed by atoms with E-state index in [1.165, 1.54) is 22.6 Å². The molecule has 0 fully saturated rings. The summed E-state index contributed by atoms with van der Waals surface area (Å²) in [4.78, 5) is 17.3. The molecule has 1 aliphatic rings. The van der Waals surface area contributed by atoms with Crippen LogP contribution in [0.1, 0.15) is 16.3 Å². The third kappa shape index (κ3) is 2.61. The zero-order valence-corrected chi connectivity index (χ0v) is 11.2. The van der Waals surface area contributed by atoms with Gasteiger partial charge in [-0.05, 0) is 18.1 Å². The van der Waals surface area contributed by atoms with Gasteiger partial charge in [0.25, 0.3) is 0 Å². The van der Waals surface area contributed by atoms with Gasteiger partial charge in [0.05, 0.1) is 18.7 Å².